The van der Waals surface area contributed by atoms with Gasteiger partial charge in [-0.25, -0.2) is 8.42 Å². The number of nitrogens with one attached hydrogen (secondary N) is 2. The number of benzene rings is 2. The van der Waals surface area contributed by atoms with Crippen LogP contribution in [0.5, 0.6) is 0 Å². The van der Waals surface area contributed by atoms with Gasteiger partial charge < -0.3 is 15.4 Å². The molecule has 9 nitrogen and oxygen atoms in total. The second-order valence-electron chi connectivity index (χ2n) is 7.40. The van der Waals surface area contributed by atoms with E-state index in [1.54, 1.807) is 13.8 Å². The molecule has 2 rings (SSSR count). The number of rotatable bonds is 13. The van der Waals surface area contributed by atoms with Crippen LogP contribution in [-0.4, -0.2) is 63.3 Å². The molecule has 0 bridgehead atoms. The number of carbonyl (C=O) groups excluding carboxylic acids is 3. The summed E-state index contributed by atoms with van der Waals surface area (Å²) in [5, 5.41) is 5.07. The summed E-state index contributed by atoms with van der Waals surface area (Å²) in [5.74, 6) is -1.74. The van der Waals surface area contributed by atoms with Crippen LogP contribution < -0.4 is 10.6 Å². The molecule has 0 unspecified atom stereocenters. The van der Waals surface area contributed by atoms with Crippen LogP contribution in [0.3, 0.4) is 0 Å². The largest absolute Gasteiger partial charge is 0.454 e. The maximum atomic E-state index is 12.5. The molecule has 0 spiro atoms. The van der Waals surface area contributed by atoms with E-state index in [1.807, 2.05) is 30.3 Å². The minimum absolute atomic E-state index is 0.0851. The highest BCUT2D eigenvalue weighted by molar-refractivity contribution is 7.89. The number of esters is 1. The Bertz CT molecular complexity index is 1050. The van der Waals surface area contributed by atoms with E-state index in [-0.39, 0.29) is 10.5 Å². The predicted octanol–water partition coefficient (Wildman–Crippen LogP) is 1.74. The zero-order chi connectivity index (χ0) is 25.0. The number of nitrogens with zero attached hydrogens (tertiary/aromatic N) is 1. The lowest BCUT2D eigenvalue weighted by molar-refractivity contribution is -0.147. The fraction of sp³-hybridized carbons (Fsp3) is 0.375. The Kier molecular flexibility index (Phi) is 10.7. The fourth-order valence-electron chi connectivity index (χ4n) is 3.16. The molecule has 2 N–H and O–H groups in total. The van der Waals surface area contributed by atoms with E-state index < -0.39 is 41.0 Å². The topological polar surface area (TPSA) is 122 Å². The molecule has 10 heteroatoms. The van der Waals surface area contributed by atoms with Gasteiger partial charge in [-0.05, 0) is 42.7 Å². The van der Waals surface area contributed by atoms with E-state index in [0.717, 1.165) is 12.8 Å². The van der Waals surface area contributed by atoms with Gasteiger partial charge in [0.15, 0.2) is 6.61 Å². The van der Waals surface area contributed by atoms with Crippen molar-refractivity contribution < 1.29 is 27.5 Å². The average molecular weight is 490 g/mol. The first-order chi connectivity index (χ1) is 16.3. The molecule has 2 amide bonds. The summed E-state index contributed by atoms with van der Waals surface area (Å²) < 4.78 is 31.2. The normalized spacial score (nSPS) is 11.1. The number of amides is 2. The lowest BCUT2D eigenvalue weighted by Gasteiger charge is -2.18. The van der Waals surface area contributed by atoms with Crippen LogP contribution in [0, 0.1) is 0 Å². The molecule has 0 aliphatic rings. The highest BCUT2D eigenvalue weighted by atomic mass is 32.2. The Balaban J connectivity index is 1.70. The average Bonchev–Trinajstić information content (AvgIpc) is 2.85. The zero-order valence-corrected chi connectivity index (χ0v) is 20.3. The van der Waals surface area contributed by atoms with Crippen molar-refractivity contribution in [3.63, 3.8) is 0 Å². The van der Waals surface area contributed by atoms with Crippen LogP contribution in [0.25, 0.3) is 0 Å². The van der Waals surface area contributed by atoms with Crippen molar-refractivity contribution in [3.8, 4) is 0 Å². The molecule has 0 aliphatic heterocycles. The Morgan fingerprint density at radius 2 is 1.56 bits per heavy atom. The monoisotopic (exact) mass is 489 g/mol. The van der Waals surface area contributed by atoms with Crippen molar-refractivity contribution in [3.05, 3.63) is 65.7 Å². The van der Waals surface area contributed by atoms with Gasteiger partial charge in [-0.15, -0.1) is 0 Å². The van der Waals surface area contributed by atoms with Crippen molar-refractivity contribution in [1.29, 1.82) is 0 Å². The molecule has 0 aromatic heterocycles. The lowest BCUT2D eigenvalue weighted by Crippen LogP contribution is -2.34. The molecular weight excluding hydrogens is 458 g/mol. The first kappa shape index (κ1) is 27.0. The summed E-state index contributed by atoms with van der Waals surface area (Å²) >= 11 is 0. The molecule has 0 fully saturated rings. The molecule has 0 atom stereocenters. The minimum atomic E-state index is -3.62. The van der Waals surface area contributed by atoms with Crippen LogP contribution in [0.15, 0.2) is 59.5 Å². The summed E-state index contributed by atoms with van der Waals surface area (Å²) in [7, 11) is -3.62. The van der Waals surface area contributed by atoms with Gasteiger partial charge in [-0.3, -0.25) is 14.4 Å². The van der Waals surface area contributed by atoms with Crippen LogP contribution >= 0.6 is 0 Å². The highest BCUT2D eigenvalue weighted by Crippen LogP contribution is 2.16. The molecule has 2 aromatic carbocycles. The maximum Gasteiger partial charge on any atom is 0.325 e. The number of hydrogen-bond acceptors (Lipinski definition) is 6. The lowest BCUT2D eigenvalue weighted by atomic mass is 10.1. The molecule has 184 valence electrons. The first-order valence-electron chi connectivity index (χ1n) is 11.1. The standard InChI is InChI=1S/C24H31N3O6S/c1-3-27(4-2)34(31,32)21-14-12-20(13-15-21)24(30)26-17-23(29)33-18-22(28)25-16-8-11-19-9-6-5-7-10-19/h5-7,9-10,12-15H,3-4,8,11,16-18H2,1-2H3,(H,25,28)(H,26,30). The summed E-state index contributed by atoms with van der Waals surface area (Å²) in [5.41, 5.74) is 1.38. The maximum absolute atomic E-state index is 12.5. The summed E-state index contributed by atoms with van der Waals surface area (Å²) in [4.78, 5) is 35.9. The van der Waals surface area contributed by atoms with Gasteiger partial charge >= 0.3 is 5.97 Å². The fourth-order valence-corrected chi connectivity index (χ4v) is 4.62. The predicted molar refractivity (Wildman–Crippen MR) is 128 cm³/mol. The van der Waals surface area contributed by atoms with E-state index in [1.165, 1.54) is 34.1 Å². The van der Waals surface area contributed by atoms with Crippen molar-refractivity contribution in [2.75, 3.05) is 32.8 Å². The van der Waals surface area contributed by atoms with E-state index in [2.05, 4.69) is 10.6 Å². The molecule has 0 radical (unpaired) electrons. The molecule has 2 aromatic rings. The van der Waals surface area contributed by atoms with Gasteiger partial charge in [0.2, 0.25) is 10.0 Å². The molecule has 0 aliphatic carbocycles. The third kappa shape index (κ3) is 8.27. The molecule has 34 heavy (non-hydrogen) atoms. The summed E-state index contributed by atoms with van der Waals surface area (Å²) in [6.45, 7) is 3.79. The second kappa shape index (κ2) is 13.5. The molecular formula is C24H31N3O6S. The van der Waals surface area contributed by atoms with Gasteiger partial charge in [0.05, 0.1) is 4.90 Å². The number of aryl methyl sites for hydroxylation is 1. The molecule has 0 saturated heterocycles. The Morgan fingerprint density at radius 3 is 2.18 bits per heavy atom. The van der Waals surface area contributed by atoms with Gasteiger partial charge in [-0.1, -0.05) is 44.2 Å². The number of hydrogen-bond donors (Lipinski definition) is 2. The Labute approximate surface area is 200 Å². The summed E-state index contributed by atoms with van der Waals surface area (Å²) in [6.07, 6.45) is 1.59. The van der Waals surface area contributed by atoms with E-state index in [9.17, 15) is 22.8 Å². The van der Waals surface area contributed by atoms with Crippen LogP contribution in [-0.2, 0) is 30.8 Å². The smallest absolute Gasteiger partial charge is 0.325 e. The van der Waals surface area contributed by atoms with Crippen molar-refractivity contribution in [1.82, 2.24) is 14.9 Å². The van der Waals surface area contributed by atoms with E-state index in [4.69, 9.17) is 4.74 Å². The van der Waals surface area contributed by atoms with Crippen molar-refractivity contribution in [2.24, 2.45) is 0 Å². The SMILES string of the molecule is CCN(CC)S(=O)(=O)c1ccc(C(=O)NCC(=O)OCC(=O)NCCCc2ccccc2)cc1. The van der Waals surface area contributed by atoms with E-state index >= 15 is 0 Å². The third-order valence-corrected chi connectivity index (χ3v) is 7.09. The van der Waals surface area contributed by atoms with Gasteiger partial charge in [0, 0.05) is 25.2 Å². The van der Waals surface area contributed by atoms with Gasteiger partial charge in [0.1, 0.15) is 6.54 Å². The summed E-state index contributed by atoms with van der Waals surface area (Å²) in [6, 6.07) is 15.3. The minimum Gasteiger partial charge on any atom is -0.454 e. The zero-order valence-electron chi connectivity index (χ0n) is 19.5. The molecule has 0 heterocycles. The highest BCUT2D eigenvalue weighted by Gasteiger charge is 2.21. The molecule has 0 saturated carbocycles. The van der Waals surface area contributed by atoms with Crippen molar-refractivity contribution >= 4 is 27.8 Å². The van der Waals surface area contributed by atoms with Crippen LogP contribution in [0.2, 0.25) is 0 Å². The van der Waals surface area contributed by atoms with Crippen LogP contribution in [0.4, 0.5) is 0 Å². The quantitative estimate of drug-likeness (QED) is 0.327. The van der Waals surface area contributed by atoms with Gasteiger partial charge in [-0.2, -0.15) is 4.31 Å². The number of ether oxygens (including phenoxy) is 1. The third-order valence-electron chi connectivity index (χ3n) is 5.02. The Morgan fingerprint density at radius 1 is 0.912 bits per heavy atom. The Hall–Kier alpha value is -3.24. The van der Waals surface area contributed by atoms with Crippen LogP contribution in [0.1, 0.15) is 36.2 Å². The van der Waals surface area contributed by atoms with Gasteiger partial charge in [0.25, 0.3) is 11.8 Å². The van der Waals surface area contributed by atoms with E-state index in [0.29, 0.717) is 19.6 Å². The van der Waals surface area contributed by atoms with Crippen molar-refractivity contribution in [2.45, 2.75) is 31.6 Å². The first-order valence-corrected chi connectivity index (χ1v) is 12.6. The second-order valence-corrected chi connectivity index (χ2v) is 9.33. The number of sulfonamides is 1. The number of carbonyl (C=O) groups is 3.